The van der Waals surface area contributed by atoms with Crippen molar-refractivity contribution in [3.63, 3.8) is 0 Å². The Labute approximate surface area is 98.1 Å². The minimum atomic E-state index is 0.367. The van der Waals surface area contributed by atoms with Crippen LogP contribution in [-0.2, 0) is 0 Å². The average Bonchev–Trinajstić information content (AvgIpc) is 2.08. The molecule has 1 aromatic heterocycles. The molecular weight excluding hydrogens is 291 g/mol. The Balaban J connectivity index is 3.28. The van der Waals surface area contributed by atoms with Gasteiger partial charge in [0.2, 0.25) is 5.95 Å². The Kier molecular flexibility index (Phi) is 3.52. The van der Waals surface area contributed by atoms with Gasteiger partial charge in [-0.3, -0.25) is 0 Å². The number of anilines is 2. The monoisotopic (exact) mass is 306 g/mol. The highest BCUT2D eigenvalue weighted by atomic mass is 127. The van der Waals surface area contributed by atoms with E-state index in [2.05, 4.69) is 46.4 Å². The van der Waals surface area contributed by atoms with Crippen molar-refractivity contribution in [2.75, 3.05) is 24.7 Å². The molecule has 1 rings (SSSR count). The Morgan fingerprint density at radius 3 is 2.29 bits per heavy atom. The summed E-state index contributed by atoms with van der Waals surface area (Å²) in [6.45, 7) is 4.20. The fourth-order valence-corrected chi connectivity index (χ4v) is 1.92. The Morgan fingerprint density at radius 1 is 1.29 bits per heavy atom. The first-order valence-corrected chi connectivity index (χ1v) is 5.51. The number of aromatic nitrogens is 2. The summed E-state index contributed by atoms with van der Waals surface area (Å²) < 4.78 is 0.961. The highest BCUT2D eigenvalue weighted by Gasteiger charge is 2.13. The van der Waals surface area contributed by atoms with Crippen molar-refractivity contribution >= 4 is 34.4 Å². The Bertz CT molecular complexity index is 336. The highest BCUT2D eigenvalue weighted by molar-refractivity contribution is 14.1. The van der Waals surface area contributed by atoms with E-state index in [1.54, 1.807) is 0 Å². The first kappa shape index (κ1) is 11.5. The molecule has 0 bridgehead atoms. The standard InChI is InChI=1S/C9H15IN4/c1-5(2)7-6(10)8(11)13-9(12-7)14(3)4/h5H,1-4H3,(H2,11,12,13). The molecule has 0 unspecified atom stereocenters. The molecule has 0 saturated heterocycles. The van der Waals surface area contributed by atoms with Crippen LogP contribution >= 0.6 is 22.6 Å². The van der Waals surface area contributed by atoms with Crippen molar-refractivity contribution in [3.05, 3.63) is 9.26 Å². The summed E-state index contributed by atoms with van der Waals surface area (Å²) in [5, 5.41) is 0. The van der Waals surface area contributed by atoms with E-state index >= 15 is 0 Å². The topological polar surface area (TPSA) is 55.0 Å². The van der Waals surface area contributed by atoms with Crippen molar-refractivity contribution in [1.29, 1.82) is 0 Å². The van der Waals surface area contributed by atoms with E-state index in [-0.39, 0.29) is 0 Å². The summed E-state index contributed by atoms with van der Waals surface area (Å²) in [6.07, 6.45) is 0. The van der Waals surface area contributed by atoms with Crippen LogP contribution in [-0.4, -0.2) is 24.1 Å². The molecule has 0 radical (unpaired) electrons. The Hall–Kier alpha value is -0.590. The van der Waals surface area contributed by atoms with Gasteiger partial charge in [-0.05, 0) is 28.5 Å². The second kappa shape index (κ2) is 4.29. The maximum Gasteiger partial charge on any atom is 0.227 e. The normalized spacial score (nSPS) is 10.7. The van der Waals surface area contributed by atoms with Crippen molar-refractivity contribution in [1.82, 2.24) is 9.97 Å². The summed E-state index contributed by atoms with van der Waals surface area (Å²) in [6, 6.07) is 0. The number of nitrogens with two attached hydrogens (primary N) is 1. The van der Waals surface area contributed by atoms with Gasteiger partial charge in [0.05, 0.1) is 9.26 Å². The van der Waals surface area contributed by atoms with E-state index in [0.717, 1.165) is 9.26 Å². The molecule has 0 aliphatic carbocycles. The molecule has 0 saturated carbocycles. The lowest BCUT2D eigenvalue weighted by Gasteiger charge is -2.15. The number of nitrogen functional groups attached to an aromatic ring is 1. The summed E-state index contributed by atoms with van der Waals surface area (Å²) in [5.74, 6) is 1.60. The maximum absolute atomic E-state index is 5.81. The third-order valence-electron chi connectivity index (χ3n) is 1.84. The van der Waals surface area contributed by atoms with Gasteiger partial charge in [0.15, 0.2) is 0 Å². The summed E-state index contributed by atoms with van der Waals surface area (Å²) in [4.78, 5) is 10.5. The highest BCUT2D eigenvalue weighted by Crippen LogP contribution is 2.24. The predicted octanol–water partition coefficient (Wildman–Crippen LogP) is 1.85. The minimum absolute atomic E-state index is 0.367. The molecule has 14 heavy (non-hydrogen) atoms. The van der Waals surface area contributed by atoms with Crippen LogP contribution in [0.15, 0.2) is 0 Å². The first-order chi connectivity index (χ1) is 6.43. The quantitative estimate of drug-likeness (QED) is 0.847. The maximum atomic E-state index is 5.81. The predicted molar refractivity (Wildman–Crippen MR) is 67.6 cm³/mol. The smallest absolute Gasteiger partial charge is 0.227 e. The van der Waals surface area contributed by atoms with Gasteiger partial charge in [-0.1, -0.05) is 13.8 Å². The van der Waals surface area contributed by atoms with Crippen LogP contribution < -0.4 is 10.6 Å². The van der Waals surface area contributed by atoms with Gasteiger partial charge in [0.1, 0.15) is 5.82 Å². The summed E-state index contributed by atoms with van der Waals surface area (Å²) in [5.41, 5.74) is 6.83. The molecule has 0 atom stereocenters. The molecule has 0 aromatic carbocycles. The van der Waals surface area contributed by atoms with Crippen LogP contribution in [0, 0.1) is 3.57 Å². The van der Waals surface area contributed by atoms with Crippen LogP contribution in [0.25, 0.3) is 0 Å². The first-order valence-electron chi connectivity index (χ1n) is 4.43. The van der Waals surface area contributed by atoms with Crippen LogP contribution in [0.3, 0.4) is 0 Å². The third-order valence-corrected chi connectivity index (χ3v) is 2.94. The van der Waals surface area contributed by atoms with Crippen molar-refractivity contribution in [2.45, 2.75) is 19.8 Å². The van der Waals surface area contributed by atoms with E-state index in [0.29, 0.717) is 17.7 Å². The molecule has 1 heterocycles. The molecule has 4 nitrogen and oxygen atoms in total. The van der Waals surface area contributed by atoms with Gasteiger partial charge in [0, 0.05) is 14.1 Å². The molecule has 0 amide bonds. The molecule has 0 aliphatic rings. The van der Waals surface area contributed by atoms with E-state index in [1.165, 1.54) is 0 Å². The van der Waals surface area contributed by atoms with Gasteiger partial charge >= 0.3 is 0 Å². The molecule has 0 fully saturated rings. The third kappa shape index (κ3) is 2.26. The molecule has 1 aromatic rings. The van der Waals surface area contributed by atoms with Gasteiger partial charge in [-0.15, -0.1) is 0 Å². The lowest BCUT2D eigenvalue weighted by Crippen LogP contribution is -2.16. The number of halogens is 1. The summed E-state index contributed by atoms with van der Waals surface area (Å²) >= 11 is 2.19. The Morgan fingerprint density at radius 2 is 1.86 bits per heavy atom. The summed E-state index contributed by atoms with van der Waals surface area (Å²) in [7, 11) is 3.82. The van der Waals surface area contributed by atoms with E-state index in [4.69, 9.17) is 5.73 Å². The zero-order valence-corrected chi connectivity index (χ0v) is 11.0. The van der Waals surface area contributed by atoms with Crippen LogP contribution in [0.1, 0.15) is 25.5 Å². The number of hydrogen-bond acceptors (Lipinski definition) is 4. The second-order valence-electron chi connectivity index (χ2n) is 3.66. The lowest BCUT2D eigenvalue weighted by atomic mass is 10.1. The van der Waals surface area contributed by atoms with Gasteiger partial charge < -0.3 is 10.6 Å². The van der Waals surface area contributed by atoms with E-state index in [9.17, 15) is 0 Å². The van der Waals surface area contributed by atoms with Crippen LogP contribution in [0.2, 0.25) is 0 Å². The minimum Gasteiger partial charge on any atom is -0.383 e. The molecule has 2 N–H and O–H groups in total. The van der Waals surface area contributed by atoms with Crippen molar-refractivity contribution in [2.24, 2.45) is 0 Å². The second-order valence-corrected chi connectivity index (χ2v) is 4.74. The molecule has 0 spiro atoms. The van der Waals surface area contributed by atoms with Crippen molar-refractivity contribution < 1.29 is 0 Å². The largest absolute Gasteiger partial charge is 0.383 e. The number of rotatable bonds is 2. The SMILES string of the molecule is CC(C)c1nc(N(C)C)nc(N)c1I. The lowest BCUT2D eigenvalue weighted by molar-refractivity contribution is 0.800. The van der Waals surface area contributed by atoms with E-state index < -0.39 is 0 Å². The molecule has 0 aliphatic heterocycles. The number of nitrogens with zero attached hydrogens (tertiary/aromatic N) is 3. The average molecular weight is 306 g/mol. The molecular formula is C9H15IN4. The van der Waals surface area contributed by atoms with Crippen molar-refractivity contribution in [3.8, 4) is 0 Å². The zero-order chi connectivity index (χ0) is 10.9. The van der Waals surface area contributed by atoms with Gasteiger partial charge in [-0.2, -0.15) is 4.98 Å². The molecule has 5 heteroatoms. The van der Waals surface area contributed by atoms with E-state index in [1.807, 2.05) is 19.0 Å². The fourth-order valence-electron chi connectivity index (χ4n) is 1.05. The molecule has 78 valence electrons. The van der Waals surface area contributed by atoms with Gasteiger partial charge in [-0.25, -0.2) is 4.98 Å². The van der Waals surface area contributed by atoms with Gasteiger partial charge in [0.25, 0.3) is 0 Å². The van der Waals surface area contributed by atoms with Crippen LogP contribution in [0.5, 0.6) is 0 Å². The fraction of sp³-hybridized carbons (Fsp3) is 0.556. The number of hydrogen-bond donors (Lipinski definition) is 1. The zero-order valence-electron chi connectivity index (χ0n) is 8.87. The van der Waals surface area contributed by atoms with Crippen LogP contribution in [0.4, 0.5) is 11.8 Å².